The first-order valence-corrected chi connectivity index (χ1v) is 14.2. The van der Waals surface area contributed by atoms with Crippen LogP contribution < -0.4 is 20.0 Å². The van der Waals surface area contributed by atoms with Gasteiger partial charge in [0.2, 0.25) is 0 Å². The molecule has 1 N–H and O–H groups in total. The van der Waals surface area contributed by atoms with Gasteiger partial charge in [0.05, 0.1) is 31.0 Å². The van der Waals surface area contributed by atoms with Crippen LogP contribution in [0, 0.1) is 13.8 Å². The minimum Gasteiger partial charge on any atom is -0.378 e. The SMILES string of the molecule is Cc1cc([C@@H]2[C@@H](c3ccccn3)NC(=S)N2c2ccc(N3CCOCC3)cc2)c(C)n1-c1ccc(N(C)C)cc1. The molecule has 0 radical (unpaired) electrons. The van der Waals surface area contributed by atoms with Crippen LogP contribution in [0.25, 0.3) is 5.69 Å². The zero-order chi connectivity index (χ0) is 27.8. The highest BCUT2D eigenvalue weighted by molar-refractivity contribution is 7.80. The van der Waals surface area contributed by atoms with Crippen molar-refractivity contribution in [1.29, 1.82) is 0 Å². The number of hydrogen-bond donors (Lipinski definition) is 1. The molecule has 0 saturated carbocycles. The second kappa shape index (κ2) is 10.9. The lowest BCUT2D eigenvalue weighted by molar-refractivity contribution is 0.122. The summed E-state index contributed by atoms with van der Waals surface area (Å²) in [5.74, 6) is 0. The Morgan fingerprint density at radius 3 is 2.23 bits per heavy atom. The second-order valence-electron chi connectivity index (χ2n) is 10.7. The predicted octanol–water partition coefficient (Wildman–Crippen LogP) is 5.57. The fourth-order valence-corrected chi connectivity index (χ4v) is 6.32. The van der Waals surface area contributed by atoms with Crippen molar-refractivity contribution >= 4 is 34.4 Å². The fourth-order valence-electron chi connectivity index (χ4n) is 5.98. The quantitative estimate of drug-likeness (QED) is 0.314. The summed E-state index contributed by atoms with van der Waals surface area (Å²) in [6.07, 6.45) is 1.85. The number of nitrogens with zero attached hydrogens (tertiary/aromatic N) is 5. The second-order valence-corrected chi connectivity index (χ2v) is 11.1. The Hall–Kier alpha value is -3.88. The number of thiocarbonyl (C=S) groups is 1. The molecule has 2 aliphatic heterocycles. The van der Waals surface area contributed by atoms with Gasteiger partial charge < -0.3 is 29.3 Å². The highest BCUT2D eigenvalue weighted by Crippen LogP contribution is 2.44. The number of pyridine rings is 1. The number of nitrogens with one attached hydrogen (secondary N) is 1. The number of benzene rings is 2. The number of rotatable bonds is 6. The molecule has 0 spiro atoms. The van der Waals surface area contributed by atoms with Crippen LogP contribution in [-0.4, -0.2) is 55.1 Å². The van der Waals surface area contributed by atoms with Gasteiger partial charge in [0, 0.05) is 67.5 Å². The topological polar surface area (TPSA) is 48.8 Å². The first-order valence-electron chi connectivity index (χ1n) is 13.8. The Morgan fingerprint density at radius 2 is 1.57 bits per heavy atom. The normalized spacial score (nSPS) is 19.1. The lowest BCUT2D eigenvalue weighted by Crippen LogP contribution is -2.36. The van der Waals surface area contributed by atoms with E-state index in [0.717, 1.165) is 43.4 Å². The van der Waals surface area contributed by atoms with Gasteiger partial charge in [-0.05, 0) is 98.4 Å². The summed E-state index contributed by atoms with van der Waals surface area (Å²) in [4.78, 5) is 11.5. The van der Waals surface area contributed by atoms with Crippen LogP contribution in [0.5, 0.6) is 0 Å². The van der Waals surface area contributed by atoms with Gasteiger partial charge in [-0.15, -0.1) is 0 Å². The van der Waals surface area contributed by atoms with Gasteiger partial charge >= 0.3 is 0 Å². The molecule has 206 valence electrons. The molecule has 0 unspecified atom stereocenters. The molecule has 4 heterocycles. The van der Waals surface area contributed by atoms with Gasteiger partial charge in [-0.3, -0.25) is 4.98 Å². The van der Waals surface area contributed by atoms with E-state index in [4.69, 9.17) is 21.9 Å². The number of morpholine rings is 1. The van der Waals surface area contributed by atoms with Gasteiger partial charge in [-0.25, -0.2) is 0 Å². The number of anilines is 3. The maximum Gasteiger partial charge on any atom is 0.174 e. The van der Waals surface area contributed by atoms with E-state index in [2.05, 4.69) is 113 Å². The van der Waals surface area contributed by atoms with E-state index < -0.39 is 0 Å². The Labute approximate surface area is 242 Å². The van der Waals surface area contributed by atoms with Crippen molar-refractivity contribution in [3.05, 3.63) is 102 Å². The standard InChI is InChI=1S/C32H36N6OS/c1-22-21-28(23(2)37(22)26-12-8-24(9-13-26)35(3)4)31-30(29-7-5-6-16-33-29)34-32(40)38(31)27-14-10-25(11-15-27)36-17-19-39-20-18-36/h5-16,21,30-31H,17-20H2,1-4H3,(H,34,40)/t30-,31-/m1/s1. The highest BCUT2D eigenvalue weighted by atomic mass is 32.1. The number of hydrogen-bond acceptors (Lipinski definition) is 5. The lowest BCUT2D eigenvalue weighted by Gasteiger charge is -2.31. The van der Waals surface area contributed by atoms with Crippen LogP contribution in [0.2, 0.25) is 0 Å². The van der Waals surface area contributed by atoms with Gasteiger partial charge in [0.25, 0.3) is 0 Å². The van der Waals surface area contributed by atoms with Crippen molar-refractivity contribution < 1.29 is 4.74 Å². The Kier molecular flexibility index (Phi) is 7.21. The molecule has 8 heteroatoms. The minimum atomic E-state index is -0.0855. The number of ether oxygens (including phenoxy) is 1. The lowest BCUT2D eigenvalue weighted by atomic mass is 9.96. The van der Waals surface area contributed by atoms with Crippen LogP contribution >= 0.6 is 12.2 Å². The maximum absolute atomic E-state index is 6.00. The van der Waals surface area contributed by atoms with Crippen molar-refractivity contribution in [1.82, 2.24) is 14.9 Å². The summed E-state index contributed by atoms with van der Waals surface area (Å²) in [5.41, 5.74) is 9.19. The third-order valence-corrected chi connectivity index (χ3v) is 8.33. The molecular formula is C32H36N6OS. The molecular weight excluding hydrogens is 516 g/mol. The Balaban J connectivity index is 1.41. The van der Waals surface area contributed by atoms with Crippen LogP contribution in [-0.2, 0) is 4.74 Å². The Morgan fingerprint density at radius 1 is 0.900 bits per heavy atom. The third-order valence-electron chi connectivity index (χ3n) is 8.02. The van der Waals surface area contributed by atoms with Crippen molar-refractivity contribution in [2.75, 3.05) is 55.1 Å². The van der Waals surface area contributed by atoms with E-state index >= 15 is 0 Å². The van der Waals surface area contributed by atoms with Crippen molar-refractivity contribution in [2.45, 2.75) is 25.9 Å². The molecule has 2 aliphatic rings. The molecule has 4 aromatic rings. The largest absolute Gasteiger partial charge is 0.378 e. The van der Waals surface area contributed by atoms with E-state index in [1.54, 1.807) is 0 Å². The summed E-state index contributed by atoms with van der Waals surface area (Å²) in [6, 6.07) is 25.7. The monoisotopic (exact) mass is 552 g/mol. The molecule has 2 saturated heterocycles. The Bertz CT molecular complexity index is 1480. The maximum atomic E-state index is 6.00. The molecule has 7 nitrogen and oxygen atoms in total. The molecule has 40 heavy (non-hydrogen) atoms. The van der Waals surface area contributed by atoms with Gasteiger partial charge in [-0.1, -0.05) is 6.07 Å². The van der Waals surface area contributed by atoms with Gasteiger partial charge in [0.15, 0.2) is 5.11 Å². The number of aromatic nitrogens is 2. The average molecular weight is 553 g/mol. The third kappa shape index (κ3) is 4.82. The van der Waals surface area contributed by atoms with E-state index in [1.807, 2.05) is 18.3 Å². The smallest absolute Gasteiger partial charge is 0.174 e. The van der Waals surface area contributed by atoms with Gasteiger partial charge in [-0.2, -0.15) is 0 Å². The number of aryl methyl sites for hydroxylation is 1. The van der Waals surface area contributed by atoms with Gasteiger partial charge in [0.1, 0.15) is 0 Å². The molecule has 2 fully saturated rings. The molecule has 6 rings (SSSR count). The summed E-state index contributed by atoms with van der Waals surface area (Å²) in [6.45, 7) is 7.74. The summed E-state index contributed by atoms with van der Waals surface area (Å²) < 4.78 is 7.88. The van der Waals surface area contributed by atoms with E-state index in [0.29, 0.717) is 5.11 Å². The molecule has 2 aromatic carbocycles. The fraction of sp³-hybridized carbons (Fsp3) is 0.312. The van der Waals surface area contributed by atoms with Crippen LogP contribution in [0.4, 0.5) is 17.1 Å². The van der Waals surface area contributed by atoms with Crippen molar-refractivity contribution in [3.8, 4) is 5.69 Å². The molecule has 2 atom stereocenters. The van der Waals surface area contributed by atoms with E-state index in [-0.39, 0.29) is 12.1 Å². The van der Waals surface area contributed by atoms with Crippen molar-refractivity contribution in [3.63, 3.8) is 0 Å². The van der Waals surface area contributed by atoms with E-state index in [1.165, 1.54) is 28.3 Å². The summed E-state index contributed by atoms with van der Waals surface area (Å²) in [5, 5.41) is 4.32. The first kappa shape index (κ1) is 26.3. The first-order chi connectivity index (χ1) is 19.4. The molecule has 2 aromatic heterocycles. The summed E-state index contributed by atoms with van der Waals surface area (Å²) >= 11 is 6.00. The zero-order valence-electron chi connectivity index (χ0n) is 23.5. The van der Waals surface area contributed by atoms with Crippen LogP contribution in [0.3, 0.4) is 0 Å². The molecule has 0 bridgehead atoms. The zero-order valence-corrected chi connectivity index (χ0v) is 24.4. The molecule has 0 amide bonds. The van der Waals surface area contributed by atoms with Crippen molar-refractivity contribution in [2.24, 2.45) is 0 Å². The average Bonchev–Trinajstić information content (AvgIpc) is 3.48. The summed E-state index contributed by atoms with van der Waals surface area (Å²) in [7, 11) is 4.13. The minimum absolute atomic E-state index is 0.0577. The van der Waals surface area contributed by atoms with E-state index in [9.17, 15) is 0 Å². The predicted molar refractivity (Wildman–Crippen MR) is 167 cm³/mol. The van der Waals surface area contributed by atoms with Crippen LogP contribution in [0.1, 0.15) is 34.7 Å². The highest BCUT2D eigenvalue weighted by Gasteiger charge is 2.42. The molecule has 0 aliphatic carbocycles. The van der Waals surface area contributed by atoms with Crippen LogP contribution in [0.15, 0.2) is 79.0 Å².